The highest BCUT2D eigenvalue weighted by Gasteiger charge is 2.80. The van der Waals surface area contributed by atoms with E-state index in [-0.39, 0.29) is 6.61 Å². The van der Waals surface area contributed by atoms with Crippen molar-refractivity contribution < 1.29 is 33.4 Å². The zero-order valence-electron chi connectivity index (χ0n) is 20.6. The second kappa shape index (κ2) is 9.57. The van der Waals surface area contributed by atoms with Crippen molar-refractivity contribution in [2.45, 2.75) is 13.8 Å². The van der Waals surface area contributed by atoms with Gasteiger partial charge in [0.2, 0.25) is 0 Å². The fourth-order valence-electron chi connectivity index (χ4n) is 6.00. The molecule has 2 aromatic carbocycles. The van der Waals surface area contributed by atoms with Crippen LogP contribution >= 0.6 is 0 Å². The fraction of sp³-hybridized carbons (Fsp3) is 0.310. The molecule has 2 aromatic rings. The molecule has 2 aliphatic rings. The van der Waals surface area contributed by atoms with E-state index in [1.807, 2.05) is 12.1 Å². The van der Waals surface area contributed by atoms with Gasteiger partial charge in [-0.1, -0.05) is 73.7 Å². The SMILES string of the molecule is CCOC(=O)/C=C/C1C(C)C2(C(=O)OC)C(=O)C1(C(=O)OC)C(c1ccccc1)=C2c1ccccc1. The summed E-state index contributed by atoms with van der Waals surface area (Å²) in [5.41, 5.74) is -1.64. The Morgan fingerprint density at radius 1 is 0.833 bits per heavy atom. The maximum absolute atomic E-state index is 14.6. The van der Waals surface area contributed by atoms with E-state index < -0.39 is 46.4 Å². The Morgan fingerprint density at radius 2 is 1.31 bits per heavy atom. The van der Waals surface area contributed by atoms with Crippen LogP contribution in [0.2, 0.25) is 0 Å². The summed E-state index contributed by atoms with van der Waals surface area (Å²) < 4.78 is 15.5. The first-order valence-corrected chi connectivity index (χ1v) is 11.8. The van der Waals surface area contributed by atoms with E-state index in [0.29, 0.717) is 22.3 Å². The van der Waals surface area contributed by atoms with E-state index in [0.717, 1.165) is 0 Å². The van der Waals surface area contributed by atoms with Crippen LogP contribution in [-0.4, -0.2) is 44.5 Å². The average Bonchev–Trinajstić information content (AvgIpc) is 3.26. The van der Waals surface area contributed by atoms with Gasteiger partial charge in [0.05, 0.1) is 20.8 Å². The highest BCUT2D eigenvalue weighted by atomic mass is 16.5. The third-order valence-corrected chi connectivity index (χ3v) is 7.34. The predicted molar refractivity (Wildman–Crippen MR) is 132 cm³/mol. The summed E-state index contributed by atoms with van der Waals surface area (Å²) in [6, 6.07) is 18.0. The summed E-state index contributed by atoms with van der Waals surface area (Å²) in [6.07, 6.45) is 2.70. The summed E-state index contributed by atoms with van der Waals surface area (Å²) in [4.78, 5) is 54.2. The molecule has 0 aromatic heterocycles. The van der Waals surface area contributed by atoms with Gasteiger partial charge < -0.3 is 14.2 Å². The first-order valence-electron chi connectivity index (χ1n) is 11.8. The lowest BCUT2D eigenvalue weighted by atomic mass is 9.61. The molecule has 0 heterocycles. The van der Waals surface area contributed by atoms with Gasteiger partial charge in [-0.05, 0) is 35.1 Å². The van der Waals surface area contributed by atoms with Crippen molar-refractivity contribution in [3.05, 3.63) is 83.9 Å². The van der Waals surface area contributed by atoms with Gasteiger partial charge >= 0.3 is 17.9 Å². The Kier molecular flexibility index (Phi) is 6.67. The second-order valence-corrected chi connectivity index (χ2v) is 8.84. The van der Waals surface area contributed by atoms with Gasteiger partial charge in [-0.3, -0.25) is 14.4 Å². The molecule has 0 spiro atoms. The van der Waals surface area contributed by atoms with Crippen molar-refractivity contribution in [2.75, 3.05) is 20.8 Å². The van der Waals surface area contributed by atoms with Gasteiger partial charge in [0.15, 0.2) is 16.6 Å². The van der Waals surface area contributed by atoms with Crippen LogP contribution in [0, 0.1) is 22.7 Å². The number of fused-ring (bicyclic) bond motifs is 2. The number of methoxy groups -OCH3 is 2. The van der Waals surface area contributed by atoms with Crippen LogP contribution in [0.4, 0.5) is 0 Å². The van der Waals surface area contributed by atoms with Crippen molar-refractivity contribution in [1.29, 1.82) is 0 Å². The van der Waals surface area contributed by atoms with Crippen LogP contribution in [-0.2, 0) is 33.4 Å². The quantitative estimate of drug-likeness (QED) is 0.253. The minimum absolute atomic E-state index is 0.171. The van der Waals surface area contributed by atoms with E-state index in [1.54, 1.807) is 62.4 Å². The van der Waals surface area contributed by atoms with E-state index in [2.05, 4.69) is 0 Å². The summed E-state index contributed by atoms with van der Waals surface area (Å²) >= 11 is 0. The average molecular weight is 489 g/mol. The molecule has 0 saturated heterocycles. The molecule has 2 bridgehead atoms. The Morgan fingerprint density at radius 3 is 1.78 bits per heavy atom. The number of ether oxygens (including phenoxy) is 3. The molecule has 0 aliphatic heterocycles. The maximum Gasteiger partial charge on any atom is 0.330 e. The molecule has 186 valence electrons. The topological polar surface area (TPSA) is 96.0 Å². The number of hydrogen-bond donors (Lipinski definition) is 0. The number of benzene rings is 2. The van der Waals surface area contributed by atoms with Crippen LogP contribution in [0.25, 0.3) is 11.1 Å². The first-order chi connectivity index (χ1) is 17.3. The number of rotatable bonds is 7. The number of carbonyl (C=O) groups is 4. The first kappa shape index (κ1) is 25.1. The van der Waals surface area contributed by atoms with Crippen molar-refractivity contribution >= 4 is 34.8 Å². The lowest BCUT2D eigenvalue weighted by Gasteiger charge is -2.39. The molecule has 4 unspecified atom stereocenters. The van der Waals surface area contributed by atoms with E-state index in [4.69, 9.17) is 14.2 Å². The smallest absolute Gasteiger partial charge is 0.330 e. The van der Waals surface area contributed by atoms with Crippen molar-refractivity contribution in [2.24, 2.45) is 22.7 Å². The largest absolute Gasteiger partial charge is 0.468 e. The van der Waals surface area contributed by atoms with E-state index in [9.17, 15) is 19.2 Å². The third-order valence-electron chi connectivity index (χ3n) is 7.34. The van der Waals surface area contributed by atoms with Crippen molar-refractivity contribution in [3.63, 3.8) is 0 Å². The van der Waals surface area contributed by atoms with Crippen molar-refractivity contribution in [1.82, 2.24) is 0 Å². The van der Waals surface area contributed by atoms with Crippen LogP contribution in [0.5, 0.6) is 0 Å². The molecule has 0 amide bonds. The summed E-state index contributed by atoms with van der Waals surface area (Å²) in [6.45, 7) is 3.58. The predicted octanol–water partition coefficient (Wildman–Crippen LogP) is 3.88. The number of ketones is 1. The molecule has 2 aliphatic carbocycles. The maximum atomic E-state index is 14.6. The molecule has 0 N–H and O–H groups in total. The molecule has 1 saturated carbocycles. The van der Waals surface area contributed by atoms with Gasteiger partial charge in [0.25, 0.3) is 0 Å². The van der Waals surface area contributed by atoms with Gasteiger partial charge in [-0.2, -0.15) is 0 Å². The summed E-state index contributed by atoms with van der Waals surface area (Å²) in [5.74, 6) is -4.38. The Balaban J connectivity index is 2.16. The summed E-state index contributed by atoms with van der Waals surface area (Å²) in [5, 5.41) is 0. The van der Waals surface area contributed by atoms with Crippen LogP contribution in [0.1, 0.15) is 25.0 Å². The Hall–Kier alpha value is -4.00. The molecular formula is C29H28O7. The number of allylic oxidation sites excluding steroid dienone is 1. The fourth-order valence-corrected chi connectivity index (χ4v) is 6.00. The second-order valence-electron chi connectivity index (χ2n) is 8.84. The summed E-state index contributed by atoms with van der Waals surface area (Å²) in [7, 11) is 2.43. The Labute approximate surface area is 209 Å². The zero-order valence-corrected chi connectivity index (χ0v) is 20.6. The van der Waals surface area contributed by atoms with Gasteiger partial charge in [-0.25, -0.2) is 4.79 Å². The molecule has 0 radical (unpaired) electrons. The van der Waals surface area contributed by atoms with Crippen LogP contribution in [0.3, 0.4) is 0 Å². The molecule has 4 atom stereocenters. The number of hydrogen-bond acceptors (Lipinski definition) is 7. The highest BCUT2D eigenvalue weighted by Crippen LogP contribution is 2.72. The molecular weight excluding hydrogens is 460 g/mol. The number of carbonyl (C=O) groups excluding carboxylic acids is 4. The lowest BCUT2D eigenvalue weighted by Crippen LogP contribution is -2.43. The molecule has 4 rings (SSSR count). The highest BCUT2D eigenvalue weighted by molar-refractivity contribution is 6.38. The third kappa shape index (κ3) is 3.26. The van der Waals surface area contributed by atoms with Gasteiger partial charge in [0.1, 0.15) is 0 Å². The molecule has 1 fully saturated rings. The Bertz CT molecular complexity index is 1260. The number of esters is 3. The molecule has 36 heavy (non-hydrogen) atoms. The standard InChI is InChI=1S/C29H28O7/c1-5-36-22(30)17-16-21-18(2)28(26(32)34-3)23(19-12-8-6-9-13-19)24(20-14-10-7-11-15-20)29(21,25(28)31)27(33)35-4/h6-18,21H,5H2,1-4H3/b17-16+. The monoisotopic (exact) mass is 488 g/mol. The molecule has 7 nitrogen and oxygen atoms in total. The lowest BCUT2D eigenvalue weighted by molar-refractivity contribution is -0.157. The zero-order chi connectivity index (χ0) is 26.1. The minimum Gasteiger partial charge on any atom is -0.468 e. The van der Waals surface area contributed by atoms with Crippen molar-refractivity contribution in [3.8, 4) is 0 Å². The van der Waals surface area contributed by atoms with Crippen LogP contribution < -0.4 is 0 Å². The number of Topliss-reactive ketones (excluding diaryl/α,β-unsaturated/α-hetero) is 1. The minimum atomic E-state index is -1.88. The molecule has 7 heteroatoms. The van der Waals surface area contributed by atoms with Crippen LogP contribution in [0.15, 0.2) is 72.8 Å². The van der Waals surface area contributed by atoms with E-state index in [1.165, 1.54) is 26.4 Å². The van der Waals surface area contributed by atoms with E-state index >= 15 is 0 Å². The normalized spacial score (nSPS) is 26.8. The van der Waals surface area contributed by atoms with Gasteiger partial charge in [0, 0.05) is 12.0 Å². The van der Waals surface area contributed by atoms with Gasteiger partial charge in [-0.15, -0.1) is 0 Å².